The number of Topliss-reactive ketones (excluding diaryl/α,β-unsaturated/α-hetero) is 2. The van der Waals surface area contributed by atoms with Gasteiger partial charge in [0.1, 0.15) is 24.8 Å². The minimum Gasteiger partial charge on any atom is -0.464 e. The lowest BCUT2D eigenvalue weighted by Gasteiger charge is -2.65. The second-order valence-electron chi connectivity index (χ2n) is 20.3. The van der Waals surface area contributed by atoms with E-state index in [0.717, 1.165) is 25.7 Å². The van der Waals surface area contributed by atoms with E-state index >= 15 is 0 Å². The molecule has 12 saturated carbocycles. The van der Waals surface area contributed by atoms with Gasteiger partial charge in [0.25, 0.3) is 0 Å². The average Bonchev–Trinajstić information content (AvgIpc) is 3.14. The van der Waals surface area contributed by atoms with Gasteiger partial charge >= 0.3 is 33.3 Å². The summed E-state index contributed by atoms with van der Waals surface area (Å²) in [7, 11) is -5.78. The fourth-order valence-corrected chi connectivity index (χ4v) is 14.8. The molecule has 13 fully saturated rings. The number of hydrogen-bond acceptors (Lipinski definition) is 12. The molecule has 16 heteroatoms. The predicted octanol–water partition coefficient (Wildman–Crippen LogP) is 4.44. The van der Waals surface area contributed by atoms with Gasteiger partial charge in [0.05, 0.1) is 34.9 Å². The Morgan fingerprint density at radius 3 is 1.41 bits per heavy atom. The lowest BCUT2D eigenvalue weighted by atomic mass is 9.47. The molecule has 0 aromatic rings. The molecular formula is C40H50F2O13S. The third-order valence-electron chi connectivity index (χ3n) is 16.6. The lowest BCUT2D eigenvalue weighted by molar-refractivity contribution is -0.391. The number of carbonyl (C=O) groups is 5. The van der Waals surface area contributed by atoms with Crippen LogP contribution < -0.4 is 0 Å². The van der Waals surface area contributed by atoms with Gasteiger partial charge in [-0.25, -0.2) is 0 Å². The van der Waals surface area contributed by atoms with Crippen LogP contribution in [0.3, 0.4) is 0 Å². The summed E-state index contributed by atoms with van der Waals surface area (Å²) in [5.41, 5.74) is -3.65. The molecule has 12 aliphatic carbocycles. The van der Waals surface area contributed by atoms with E-state index in [1.54, 1.807) is 0 Å². The molecule has 13 nitrogen and oxygen atoms in total. The molecule has 0 amide bonds. The highest BCUT2D eigenvalue weighted by Crippen LogP contribution is 2.67. The Morgan fingerprint density at radius 2 is 1.00 bits per heavy atom. The fraction of sp³-hybridized carbons (Fsp3) is 0.875. The van der Waals surface area contributed by atoms with Crippen LogP contribution in [-0.4, -0.2) is 86.5 Å². The second-order valence-corrected chi connectivity index (χ2v) is 21.9. The molecule has 1 aliphatic heterocycles. The molecule has 6 atom stereocenters. The molecule has 13 rings (SSSR count). The van der Waals surface area contributed by atoms with Gasteiger partial charge in [0.15, 0.2) is 12.4 Å². The first-order valence-corrected chi connectivity index (χ1v) is 22.0. The monoisotopic (exact) mass is 808 g/mol. The van der Waals surface area contributed by atoms with E-state index < -0.39 is 55.4 Å². The van der Waals surface area contributed by atoms with Gasteiger partial charge in [-0.05, 0) is 114 Å². The number of alkyl halides is 2. The number of ether oxygens (including phenoxy) is 5. The van der Waals surface area contributed by atoms with Crippen LogP contribution in [0.4, 0.5) is 8.78 Å². The van der Waals surface area contributed by atoms with Crippen LogP contribution in [0.2, 0.25) is 0 Å². The quantitative estimate of drug-likeness (QED) is 0.186. The molecular weight excluding hydrogens is 758 g/mol. The maximum Gasteiger partial charge on any atom is 0.402 e. The first-order valence-electron chi connectivity index (χ1n) is 20.6. The Hall–Kier alpha value is -2.56. The highest BCUT2D eigenvalue weighted by molar-refractivity contribution is 7.86. The molecule has 0 aromatic carbocycles. The Balaban J connectivity index is 0.861. The maximum absolute atomic E-state index is 14.1. The van der Waals surface area contributed by atoms with Crippen molar-refractivity contribution in [2.75, 3.05) is 33.0 Å². The van der Waals surface area contributed by atoms with Gasteiger partial charge in [0.2, 0.25) is 0 Å². The van der Waals surface area contributed by atoms with Gasteiger partial charge in [-0.15, -0.1) is 0 Å². The second kappa shape index (κ2) is 12.2. The molecule has 56 heavy (non-hydrogen) atoms. The van der Waals surface area contributed by atoms with Crippen LogP contribution in [0.15, 0.2) is 0 Å². The van der Waals surface area contributed by atoms with Crippen molar-refractivity contribution < 1.29 is 69.4 Å². The van der Waals surface area contributed by atoms with Crippen LogP contribution in [0.25, 0.3) is 0 Å². The molecule has 13 aliphatic rings. The first kappa shape index (κ1) is 37.7. The molecule has 0 radical (unpaired) electrons. The van der Waals surface area contributed by atoms with E-state index in [2.05, 4.69) is 0 Å². The zero-order valence-corrected chi connectivity index (χ0v) is 32.2. The molecule has 308 valence electrons. The molecule has 12 bridgehead atoms. The summed E-state index contributed by atoms with van der Waals surface area (Å²) < 4.78 is 90.0. The van der Waals surface area contributed by atoms with E-state index in [9.17, 15) is 41.2 Å². The van der Waals surface area contributed by atoms with Gasteiger partial charge in [-0.2, -0.15) is 17.2 Å². The van der Waals surface area contributed by atoms with Gasteiger partial charge < -0.3 is 23.7 Å². The van der Waals surface area contributed by atoms with Crippen molar-refractivity contribution in [3.8, 4) is 0 Å². The molecule has 6 unspecified atom stereocenters. The lowest BCUT2D eigenvalue weighted by Crippen LogP contribution is -2.68. The molecule has 0 aromatic heterocycles. The fourth-order valence-electron chi connectivity index (χ4n) is 14.6. The number of hydrogen-bond donors (Lipinski definition) is 1. The summed E-state index contributed by atoms with van der Waals surface area (Å²) in [5, 5.41) is -4.64. The summed E-state index contributed by atoms with van der Waals surface area (Å²) >= 11 is 0. The van der Waals surface area contributed by atoms with E-state index in [1.165, 1.54) is 0 Å². The van der Waals surface area contributed by atoms with E-state index in [4.69, 9.17) is 28.2 Å². The summed E-state index contributed by atoms with van der Waals surface area (Å²) in [6.07, 6.45) is 8.75. The van der Waals surface area contributed by atoms with Crippen molar-refractivity contribution >= 4 is 39.6 Å². The highest BCUT2D eigenvalue weighted by Gasteiger charge is 2.69. The SMILES string of the molecule is O=C1C2CC3CC1CC(C(=O)OCC1(COC(=O)C45CC6CC(C4)C(=O)C(C6)C5)COC4(OC1)C1CC5CC4CC(C(=O)OCC(F)(F)S(=O)(=O)O)(C5)C1)(C3)C2. The molecule has 1 N–H and O–H groups in total. The van der Waals surface area contributed by atoms with Crippen LogP contribution >= 0.6 is 0 Å². The standard InChI is InChI=1S/C40H50F2O13S/c41-39(42,56(48,49)50)20-53-34(47)38-9-23-5-28(14-38)40(29(6-23)15-38)54-18-35(19-55-40,16-51-32(45)36-7-21-1-24(10-36)30(43)25(2-21)11-36)17-52-33(46)37-8-22-3-26(12-37)31(44)27(4-22)13-37/h21-29H,1-20H2,(H,48,49,50). The minimum atomic E-state index is -5.78. The number of ketones is 2. The van der Waals surface area contributed by atoms with Crippen molar-refractivity contribution in [3.05, 3.63) is 0 Å². The topological polar surface area (TPSA) is 186 Å². The van der Waals surface area contributed by atoms with Crippen LogP contribution in [-0.2, 0) is 57.8 Å². The average molecular weight is 809 g/mol. The Bertz CT molecular complexity index is 1740. The Kier molecular flexibility index (Phi) is 8.24. The largest absolute Gasteiger partial charge is 0.464 e. The van der Waals surface area contributed by atoms with Crippen LogP contribution in [0.5, 0.6) is 0 Å². The number of halogens is 2. The highest BCUT2D eigenvalue weighted by atomic mass is 32.2. The first-order chi connectivity index (χ1) is 26.4. The number of rotatable bonds is 10. The van der Waals surface area contributed by atoms with Crippen molar-refractivity contribution in [2.45, 2.75) is 107 Å². The van der Waals surface area contributed by atoms with Crippen molar-refractivity contribution in [1.29, 1.82) is 0 Å². The summed E-state index contributed by atoms with van der Waals surface area (Å²) in [6, 6.07) is 0. The van der Waals surface area contributed by atoms with E-state index in [0.29, 0.717) is 69.6 Å². The molecule has 1 heterocycles. The summed E-state index contributed by atoms with van der Waals surface area (Å²) in [6.45, 7) is -2.03. The van der Waals surface area contributed by atoms with Crippen LogP contribution in [0.1, 0.15) is 96.3 Å². The predicted molar refractivity (Wildman–Crippen MR) is 184 cm³/mol. The molecule has 1 spiro atoms. The van der Waals surface area contributed by atoms with Crippen molar-refractivity contribution in [1.82, 2.24) is 0 Å². The van der Waals surface area contributed by atoms with Gasteiger partial charge in [-0.3, -0.25) is 28.5 Å². The summed E-state index contributed by atoms with van der Waals surface area (Å²) in [5.74, 6) is -2.63. The van der Waals surface area contributed by atoms with Gasteiger partial charge in [-0.1, -0.05) is 0 Å². The zero-order valence-electron chi connectivity index (χ0n) is 31.3. The maximum atomic E-state index is 14.1. The third-order valence-corrected chi connectivity index (χ3v) is 17.5. The zero-order chi connectivity index (χ0) is 39.3. The third kappa shape index (κ3) is 5.56. The van der Waals surface area contributed by atoms with E-state index in [1.807, 2.05) is 0 Å². The smallest absolute Gasteiger partial charge is 0.402 e. The number of esters is 3. The normalized spacial score (nSPS) is 48.1. The van der Waals surface area contributed by atoms with Crippen molar-refractivity contribution in [3.63, 3.8) is 0 Å². The Labute approximate surface area is 323 Å². The van der Waals surface area contributed by atoms with Gasteiger partial charge in [0, 0.05) is 35.5 Å². The van der Waals surface area contributed by atoms with Crippen LogP contribution in [0, 0.1) is 74.9 Å². The summed E-state index contributed by atoms with van der Waals surface area (Å²) in [4.78, 5) is 67.2. The number of carbonyl (C=O) groups excluding carboxylic acids is 5. The van der Waals surface area contributed by atoms with E-state index in [-0.39, 0.29) is 104 Å². The van der Waals surface area contributed by atoms with Crippen molar-refractivity contribution in [2.24, 2.45) is 74.9 Å². The molecule has 1 saturated heterocycles. The Morgan fingerprint density at radius 1 is 0.625 bits per heavy atom. The minimum absolute atomic E-state index is 0.0159.